The summed E-state index contributed by atoms with van der Waals surface area (Å²) >= 11 is 0. The van der Waals surface area contributed by atoms with Crippen LogP contribution in [0.4, 0.5) is 13.2 Å². The van der Waals surface area contributed by atoms with Gasteiger partial charge in [0.25, 0.3) is 0 Å². The summed E-state index contributed by atoms with van der Waals surface area (Å²) < 4.78 is 37.2. The number of benzene rings is 2. The van der Waals surface area contributed by atoms with Crippen LogP contribution in [0.5, 0.6) is 0 Å². The lowest BCUT2D eigenvalue weighted by atomic mass is 10.00. The molecule has 0 aromatic heterocycles. The van der Waals surface area contributed by atoms with Crippen molar-refractivity contribution in [3.63, 3.8) is 0 Å². The monoisotopic (exact) mass is 249 g/mol. The van der Waals surface area contributed by atoms with E-state index < -0.39 is 11.7 Å². The molecule has 0 saturated carbocycles. The second kappa shape index (κ2) is 4.84. The lowest BCUT2D eigenvalue weighted by Crippen LogP contribution is -2.04. The van der Waals surface area contributed by atoms with Gasteiger partial charge in [-0.15, -0.1) is 0 Å². The standard InChI is InChI=1S/C15H12F3/c1-11-4-2-3-5-13(11)10-12-6-8-14(9-7-12)15(16,17)18/h2-3,5-9H,10H2,1H3. The number of aryl methyl sites for hydroxylation is 1. The molecule has 0 nitrogen and oxygen atoms in total. The van der Waals surface area contributed by atoms with Gasteiger partial charge in [0.2, 0.25) is 0 Å². The summed E-state index contributed by atoms with van der Waals surface area (Å²) in [6.07, 6.45) is -3.64. The highest BCUT2D eigenvalue weighted by Crippen LogP contribution is 2.29. The topological polar surface area (TPSA) is 0 Å². The molecule has 2 aromatic carbocycles. The van der Waals surface area contributed by atoms with Crippen LogP contribution in [0.25, 0.3) is 0 Å². The van der Waals surface area contributed by atoms with E-state index in [0.29, 0.717) is 6.42 Å². The van der Waals surface area contributed by atoms with Gasteiger partial charge in [0.05, 0.1) is 5.56 Å². The third kappa shape index (κ3) is 2.92. The normalized spacial score (nSPS) is 11.6. The van der Waals surface area contributed by atoms with Gasteiger partial charge in [0.15, 0.2) is 0 Å². The molecule has 0 N–H and O–H groups in total. The minimum atomic E-state index is -4.27. The fourth-order valence-corrected chi connectivity index (χ4v) is 1.78. The van der Waals surface area contributed by atoms with Crippen molar-refractivity contribution in [3.8, 4) is 0 Å². The predicted octanol–water partition coefficient (Wildman–Crippen LogP) is 4.40. The average molecular weight is 249 g/mol. The molecule has 0 unspecified atom stereocenters. The van der Waals surface area contributed by atoms with E-state index in [1.165, 1.54) is 12.1 Å². The van der Waals surface area contributed by atoms with Crippen LogP contribution in [-0.2, 0) is 12.6 Å². The van der Waals surface area contributed by atoms with Crippen molar-refractivity contribution in [3.05, 3.63) is 70.8 Å². The van der Waals surface area contributed by atoms with Crippen molar-refractivity contribution in [1.82, 2.24) is 0 Å². The summed E-state index contributed by atoms with van der Waals surface area (Å²) in [4.78, 5) is 0. The molecule has 0 spiro atoms. The Morgan fingerprint density at radius 2 is 1.72 bits per heavy atom. The predicted molar refractivity (Wildman–Crippen MR) is 64.3 cm³/mol. The van der Waals surface area contributed by atoms with E-state index in [9.17, 15) is 13.2 Å². The molecular formula is C15H12F3. The Morgan fingerprint density at radius 3 is 2.28 bits per heavy atom. The molecule has 2 aromatic rings. The smallest absolute Gasteiger partial charge is 0.166 e. The Morgan fingerprint density at radius 1 is 1.06 bits per heavy atom. The zero-order valence-corrected chi connectivity index (χ0v) is 9.88. The van der Waals surface area contributed by atoms with Crippen molar-refractivity contribution < 1.29 is 13.2 Å². The molecule has 0 bridgehead atoms. The van der Waals surface area contributed by atoms with Gasteiger partial charge < -0.3 is 0 Å². The molecule has 93 valence electrons. The van der Waals surface area contributed by atoms with Crippen LogP contribution in [-0.4, -0.2) is 0 Å². The Bertz CT molecular complexity index is 524. The van der Waals surface area contributed by atoms with Crippen LogP contribution >= 0.6 is 0 Å². The lowest BCUT2D eigenvalue weighted by molar-refractivity contribution is -0.137. The SMILES string of the molecule is Cc1[c]cccc1Cc1ccc(C(F)(F)F)cc1. The maximum Gasteiger partial charge on any atom is 0.416 e. The van der Waals surface area contributed by atoms with Crippen molar-refractivity contribution >= 4 is 0 Å². The van der Waals surface area contributed by atoms with E-state index in [0.717, 1.165) is 28.8 Å². The highest BCUT2D eigenvalue weighted by Gasteiger charge is 2.29. The van der Waals surface area contributed by atoms with Crippen LogP contribution in [0.2, 0.25) is 0 Å². The quantitative estimate of drug-likeness (QED) is 0.739. The van der Waals surface area contributed by atoms with Crippen LogP contribution in [0.1, 0.15) is 22.3 Å². The van der Waals surface area contributed by atoms with Gasteiger partial charge in [-0.1, -0.05) is 30.3 Å². The van der Waals surface area contributed by atoms with Gasteiger partial charge in [-0.3, -0.25) is 0 Å². The third-order valence-corrected chi connectivity index (χ3v) is 2.85. The third-order valence-electron chi connectivity index (χ3n) is 2.85. The zero-order valence-electron chi connectivity index (χ0n) is 9.88. The lowest BCUT2D eigenvalue weighted by Gasteiger charge is -2.08. The molecule has 1 radical (unpaired) electrons. The molecule has 0 saturated heterocycles. The summed E-state index contributed by atoms with van der Waals surface area (Å²) in [7, 11) is 0. The molecule has 0 amide bonds. The van der Waals surface area contributed by atoms with Crippen LogP contribution in [0, 0.1) is 13.0 Å². The second-order valence-electron chi connectivity index (χ2n) is 4.19. The van der Waals surface area contributed by atoms with E-state index in [4.69, 9.17) is 0 Å². The van der Waals surface area contributed by atoms with Crippen LogP contribution in [0.3, 0.4) is 0 Å². The molecule has 0 aliphatic rings. The van der Waals surface area contributed by atoms with Gasteiger partial charge >= 0.3 is 6.18 Å². The maximum absolute atomic E-state index is 12.4. The van der Waals surface area contributed by atoms with Gasteiger partial charge in [0, 0.05) is 0 Å². The summed E-state index contributed by atoms with van der Waals surface area (Å²) in [5.41, 5.74) is 2.36. The largest absolute Gasteiger partial charge is 0.416 e. The minimum absolute atomic E-state index is 0.609. The first-order valence-electron chi connectivity index (χ1n) is 5.59. The first-order chi connectivity index (χ1) is 8.47. The Hall–Kier alpha value is -1.77. The molecule has 3 heteroatoms. The van der Waals surface area contributed by atoms with Gasteiger partial charge in [-0.05, 0) is 48.2 Å². The number of alkyl halides is 3. The minimum Gasteiger partial charge on any atom is -0.166 e. The van der Waals surface area contributed by atoms with E-state index >= 15 is 0 Å². The summed E-state index contributed by atoms with van der Waals surface area (Å²) in [5, 5.41) is 0. The maximum atomic E-state index is 12.4. The molecule has 0 atom stereocenters. The van der Waals surface area contributed by atoms with E-state index in [1.807, 2.05) is 25.1 Å². The fraction of sp³-hybridized carbons (Fsp3) is 0.200. The van der Waals surface area contributed by atoms with Crippen molar-refractivity contribution in [2.45, 2.75) is 19.5 Å². The fourth-order valence-electron chi connectivity index (χ4n) is 1.78. The highest BCUT2D eigenvalue weighted by atomic mass is 19.4. The molecule has 18 heavy (non-hydrogen) atoms. The number of rotatable bonds is 2. The Kier molecular flexibility index (Phi) is 3.41. The Labute approximate surface area is 104 Å². The number of hydrogen-bond acceptors (Lipinski definition) is 0. The van der Waals surface area contributed by atoms with Crippen molar-refractivity contribution in [1.29, 1.82) is 0 Å². The van der Waals surface area contributed by atoms with E-state index in [1.54, 1.807) is 0 Å². The first kappa shape index (κ1) is 12.7. The molecule has 0 fully saturated rings. The van der Waals surface area contributed by atoms with Gasteiger partial charge in [-0.2, -0.15) is 13.2 Å². The summed E-state index contributed by atoms with van der Waals surface area (Å²) in [5.74, 6) is 0. The second-order valence-corrected chi connectivity index (χ2v) is 4.19. The molecule has 0 aliphatic heterocycles. The first-order valence-corrected chi connectivity index (χ1v) is 5.59. The molecular weight excluding hydrogens is 237 g/mol. The zero-order chi connectivity index (χ0) is 13.2. The highest BCUT2D eigenvalue weighted by molar-refractivity contribution is 5.33. The van der Waals surface area contributed by atoms with Crippen molar-refractivity contribution in [2.75, 3.05) is 0 Å². The van der Waals surface area contributed by atoms with Crippen molar-refractivity contribution in [2.24, 2.45) is 0 Å². The number of hydrogen-bond donors (Lipinski definition) is 0. The van der Waals surface area contributed by atoms with E-state index in [-0.39, 0.29) is 0 Å². The van der Waals surface area contributed by atoms with Crippen LogP contribution < -0.4 is 0 Å². The van der Waals surface area contributed by atoms with E-state index in [2.05, 4.69) is 6.07 Å². The Balaban J connectivity index is 2.19. The average Bonchev–Trinajstić information content (AvgIpc) is 2.32. The van der Waals surface area contributed by atoms with Gasteiger partial charge in [-0.25, -0.2) is 0 Å². The van der Waals surface area contributed by atoms with Crippen LogP contribution in [0.15, 0.2) is 42.5 Å². The summed E-state index contributed by atoms with van der Waals surface area (Å²) in [6.45, 7) is 1.94. The molecule has 0 heterocycles. The summed E-state index contributed by atoms with van der Waals surface area (Å²) in [6, 6.07) is 14.0. The van der Waals surface area contributed by atoms with Gasteiger partial charge in [0.1, 0.15) is 0 Å². The molecule has 0 aliphatic carbocycles. The molecule has 2 rings (SSSR count). The number of halogens is 3.